The van der Waals surface area contributed by atoms with Crippen LogP contribution in [0.25, 0.3) is 10.9 Å². The number of carbonyl (C=O) groups excluding carboxylic acids is 1. The van der Waals surface area contributed by atoms with E-state index >= 15 is 0 Å². The van der Waals surface area contributed by atoms with Crippen molar-refractivity contribution in [2.75, 3.05) is 0 Å². The number of benzene rings is 3. The summed E-state index contributed by atoms with van der Waals surface area (Å²) in [5.74, 6) is -1.93. The third-order valence-electron chi connectivity index (χ3n) is 8.52. The first-order valence-corrected chi connectivity index (χ1v) is 18.6. The third kappa shape index (κ3) is 6.92. The standard InChI is InChI=1S/C25H21FN2O4S.C12H8FNO3S/c26-17-10-12-18(13-11-17)33(31,32)24-16(5-4-14-27-24)15-20-19-6-1-2-7-21(19)28-22(20)8-3-9-23(28)25(29)30;13-10-3-5-11(6-4-10)18(16,17)12-9(8-15)2-1-7-14-12/h1-2,4-7,10-14,23H,3,8-9,15H2,(H,29,30);1-8H. The first-order chi connectivity index (χ1) is 24.4. The molecule has 3 aromatic heterocycles. The summed E-state index contributed by atoms with van der Waals surface area (Å²) in [5, 5.41) is 10.3. The molecule has 4 heterocycles. The summed E-state index contributed by atoms with van der Waals surface area (Å²) >= 11 is 0. The summed E-state index contributed by atoms with van der Waals surface area (Å²) in [5.41, 5.74) is 3.16. The Bertz CT molecular complexity index is 2480. The van der Waals surface area contributed by atoms with Crippen LogP contribution in [-0.4, -0.2) is 48.7 Å². The van der Waals surface area contributed by atoms with Crippen LogP contribution in [0.4, 0.5) is 8.78 Å². The van der Waals surface area contributed by atoms with Gasteiger partial charge in [0.1, 0.15) is 17.7 Å². The first-order valence-electron chi connectivity index (χ1n) is 15.6. The van der Waals surface area contributed by atoms with E-state index in [4.69, 9.17) is 0 Å². The molecule has 7 rings (SSSR count). The number of halogens is 2. The number of carbonyl (C=O) groups is 2. The number of aldehydes is 1. The largest absolute Gasteiger partial charge is 0.480 e. The fourth-order valence-corrected chi connectivity index (χ4v) is 8.94. The highest BCUT2D eigenvalue weighted by molar-refractivity contribution is 7.91. The van der Waals surface area contributed by atoms with Crippen molar-refractivity contribution >= 4 is 42.8 Å². The molecule has 260 valence electrons. The molecule has 0 saturated heterocycles. The summed E-state index contributed by atoms with van der Waals surface area (Å²) < 4.78 is 79.0. The van der Waals surface area contributed by atoms with Crippen molar-refractivity contribution in [2.45, 2.75) is 51.6 Å². The Morgan fingerprint density at radius 1 is 0.784 bits per heavy atom. The zero-order valence-corrected chi connectivity index (χ0v) is 28.3. The lowest BCUT2D eigenvalue weighted by Gasteiger charge is -2.24. The number of para-hydroxylation sites is 1. The van der Waals surface area contributed by atoms with Crippen molar-refractivity contribution in [3.63, 3.8) is 0 Å². The molecule has 10 nitrogen and oxygen atoms in total. The van der Waals surface area contributed by atoms with Gasteiger partial charge in [0.15, 0.2) is 16.3 Å². The van der Waals surface area contributed by atoms with E-state index in [0.717, 1.165) is 65.0 Å². The average molecular weight is 730 g/mol. The number of hydrogen-bond donors (Lipinski definition) is 1. The highest BCUT2D eigenvalue weighted by Crippen LogP contribution is 2.38. The minimum atomic E-state index is -3.97. The molecule has 0 bridgehead atoms. The number of sulfone groups is 2. The predicted molar refractivity (Wildman–Crippen MR) is 182 cm³/mol. The highest BCUT2D eigenvalue weighted by Gasteiger charge is 2.31. The molecule has 0 radical (unpaired) electrons. The van der Waals surface area contributed by atoms with Gasteiger partial charge in [-0.3, -0.25) is 4.79 Å². The summed E-state index contributed by atoms with van der Waals surface area (Å²) in [4.78, 5) is 30.5. The molecule has 0 saturated carbocycles. The number of hydrogen-bond acceptors (Lipinski definition) is 8. The molecule has 1 N–H and O–H groups in total. The van der Waals surface area contributed by atoms with Gasteiger partial charge in [-0.25, -0.2) is 40.4 Å². The van der Waals surface area contributed by atoms with Crippen molar-refractivity contribution in [1.29, 1.82) is 0 Å². The van der Waals surface area contributed by atoms with Gasteiger partial charge in [-0.1, -0.05) is 24.3 Å². The van der Waals surface area contributed by atoms with E-state index in [1.807, 2.05) is 28.8 Å². The molecule has 1 aliphatic heterocycles. The molecule has 14 heteroatoms. The van der Waals surface area contributed by atoms with E-state index in [-0.39, 0.29) is 25.4 Å². The number of carboxylic acids is 1. The Labute approximate surface area is 291 Å². The van der Waals surface area contributed by atoms with Crippen LogP contribution < -0.4 is 0 Å². The van der Waals surface area contributed by atoms with E-state index in [1.165, 1.54) is 36.7 Å². The van der Waals surface area contributed by atoms with Gasteiger partial charge in [-0.15, -0.1) is 0 Å². The lowest BCUT2D eigenvalue weighted by Crippen LogP contribution is -2.25. The molecule has 1 atom stereocenters. The molecule has 51 heavy (non-hydrogen) atoms. The third-order valence-corrected chi connectivity index (χ3v) is 12.0. The number of aliphatic carboxylic acids is 1. The second-order valence-electron chi connectivity index (χ2n) is 11.6. The quantitative estimate of drug-likeness (QED) is 0.138. The molecule has 0 spiro atoms. The minimum Gasteiger partial charge on any atom is -0.480 e. The highest BCUT2D eigenvalue weighted by atomic mass is 32.2. The van der Waals surface area contributed by atoms with Crippen LogP contribution >= 0.6 is 0 Å². The van der Waals surface area contributed by atoms with Crippen LogP contribution in [-0.2, 0) is 37.3 Å². The predicted octanol–water partition coefficient (Wildman–Crippen LogP) is 6.43. The molecule has 6 aromatic rings. The number of aromatic nitrogens is 3. The second kappa shape index (κ2) is 14.3. The van der Waals surface area contributed by atoms with Crippen molar-refractivity contribution in [3.8, 4) is 0 Å². The Morgan fingerprint density at radius 2 is 1.35 bits per heavy atom. The lowest BCUT2D eigenvalue weighted by molar-refractivity contribution is -0.141. The summed E-state index contributed by atoms with van der Waals surface area (Å²) in [7, 11) is -7.87. The summed E-state index contributed by atoms with van der Waals surface area (Å²) in [6.07, 6.45) is 5.43. The lowest BCUT2D eigenvalue weighted by atomic mass is 9.97. The zero-order valence-electron chi connectivity index (χ0n) is 26.7. The Morgan fingerprint density at radius 3 is 1.96 bits per heavy atom. The zero-order chi connectivity index (χ0) is 36.3. The second-order valence-corrected chi connectivity index (χ2v) is 15.4. The van der Waals surface area contributed by atoms with E-state index in [2.05, 4.69) is 9.97 Å². The molecule has 0 aliphatic carbocycles. The van der Waals surface area contributed by atoms with Gasteiger partial charge in [0.25, 0.3) is 0 Å². The van der Waals surface area contributed by atoms with Gasteiger partial charge >= 0.3 is 5.97 Å². The Balaban J connectivity index is 0.000000211. The SMILES string of the molecule is O=C(O)C1CCCc2c(Cc3cccnc3S(=O)(=O)c3ccc(F)cc3)c3ccccc3n21.O=Cc1cccnc1S(=O)(=O)c1ccc(F)cc1. The fraction of sp³-hybridized carbons (Fsp3) is 0.135. The van der Waals surface area contributed by atoms with E-state index in [0.29, 0.717) is 31.1 Å². The molecular weight excluding hydrogens is 701 g/mol. The molecule has 3 aromatic carbocycles. The number of rotatable bonds is 8. The molecule has 1 aliphatic rings. The molecule has 0 fully saturated rings. The number of carboxylic acid groups (broad SMARTS) is 1. The van der Waals surface area contributed by atoms with Crippen LogP contribution in [0, 0.1) is 11.6 Å². The van der Waals surface area contributed by atoms with E-state index in [1.54, 1.807) is 12.1 Å². The topological polar surface area (TPSA) is 153 Å². The number of nitrogens with zero attached hydrogens (tertiary/aromatic N) is 3. The number of pyridine rings is 2. The van der Waals surface area contributed by atoms with Gasteiger partial charge < -0.3 is 9.67 Å². The normalized spacial score (nSPS) is 14.3. The fourth-order valence-electron chi connectivity index (χ4n) is 6.19. The van der Waals surface area contributed by atoms with Crippen LogP contribution in [0.5, 0.6) is 0 Å². The maximum Gasteiger partial charge on any atom is 0.326 e. The smallest absolute Gasteiger partial charge is 0.326 e. The van der Waals surface area contributed by atoms with Crippen LogP contribution in [0.15, 0.2) is 129 Å². The summed E-state index contributed by atoms with van der Waals surface area (Å²) in [6.45, 7) is 0. The average Bonchev–Trinajstić information content (AvgIpc) is 3.45. The van der Waals surface area contributed by atoms with Crippen molar-refractivity contribution in [3.05, 3.63) is 143 Å². The van der Waals surface area contributed by atoms with E-state index in [9.17, 15) is 40.3 Å². The monoisotopic (exact) mass is 729 g/mol. The Kier molecular flexibility index (Phi) is 9.90. The minimum absolute atomic E-state index is 0.0261. The van der Waals surface area contributed by atoms with Gasteiger partial charge in [-0.05, 0) is 103 Å². The van der Waals surface area contributed by atoms with Crippen LogP contribution in [0.1, 0.15) is 46.1 Å². The molecule has 1 unspecified atom stereocenters. The van der Waals surface area contributed by atoms with Gasteiger partial charge in [-0.2, -0.15) is 0 Å². The van der Waals surface area contributed by atoms with Gasteiger partial charge in [0.2, 0.25) is 19.7 Å². The number of fused-ring (bicyclic) bond motifs is 3. The first kappa shape index (κ1) is 35.2. The van der Waals surface area contributed by atoms with Gasteiger partial charge in [0, 0.05) is 35.4 Å². The van der Waals surface area contributed by atoms with Crippen LogP contribution in [0.2, 0.25) is 0 Å². The van der Waals surface area contributed by atoms with Crippen molar-refractivity contribution in [2.24, 2.45) is 0 Å². The molecule has 0 amide bonds. The van der Waals surface area contributed by atoms with Gasteiger partial charge in [0.05, 0.1) is 15.4 Å². The maximum absolute atomic E-state index is 13.4. The van der Waals surface area contributed by atoms with E-state index < -0.39 is 43.3 Å². The molecular formula is C37H29F2N3O7S2. The summed E-state index contributed by atoms with van der Waals surface area (Å²) in [6, 6.07) is 22.2. The maximum atomic E-state index is 13.4. The van der Waals surface area contributed by atoms with Crippen LogP contribution in [0.3, 0.4) is 0 Å². The Hall–Kier alpha value is -5.60. The van der Waals surface area contributed by atoms with Crippen molar-refractivity contribution in [1.82, 2.24) is 14.5 Å². The van der Waals surface area contributed by atoms with Crippen molar-refractivity contribution < 1.29 is 40.3 Å².